The van der Waals surface area contributed by atoms with Crippen molar-refractivity contribution in [3.63, 3.8) is 0 Å². The number of nitrogens with zero attached hydrogens (tertiary/aromatic N) is 2. The Labute approximate surface area is 119 Å². The third kappa shape index (κ3) is 4.73. The second-order valence-electron chi connectivity index (χ2n) is 7.05. The lowest BCUT2D eigenvalue weighted by Gasteiger charge is -2.38. The van der Waals surface area contributed by atoms with E-state index in [1.807, 2.05) is 0 Å². The minimum absolute atomic E-state index is 0.799. The summed E-state index contributed by atoms with van der Waals surface area (Å²) in [5, 5.41) is 0. The molecule has 1 aliphatic carbocycles. The Kier molecular flexibility index (Phi) is 6.11. The van der Waals surface area contributed by atoms with Crippen LogP contribution >= 0.6 is 0 Å². The molecule has 2 N–H and O–H groups in total. The Morgan fingerprint density at radius 1 is 1.00 bits per heavy atom. The third-order valence-corrected chi connectivity index (χ3v) is 5.19. The van der Waals surface area contributed by atoms with Gasteiger partial charge in [-0.2, -0.15) is 0 Å². The van der Waals surface area contributed by atoms with E-state index in [0.717, 1.165) is 24.3 Å². The molecule has 1 aliphatic heterocycles. The van der Waals surface area contributed by atoms with Crippen LogP contribution in [0.4, 0.5) is 0 Å². The van der Waals surface area contributed by atoms with Crippen LogP contribution in [0.25, 0.3) is 0 Å². The predicted octanol–water partition coefficient (Wildman–Crippen LogP) is 2.03. The Morgan fingerprint density at radius 2 is 1.63 bits per heavy atom. The van der Waals surface area contributed by atoms with E-state index in [4.69, 9.17) is 5.73 Å². The highest BCUT2D eigenvalue weighted by Gasteiger charge is 2.27. The molecule has 3 heteroatoms. The maximum atomic E-state index is 5.95. The largest absolute Gasteiger partial charge is 0.330 e. The van der Waals surface area contributed by atoms with Gasteiger partial charge < -0.3 is 15.5 Å². The summed E-state index contributed by atoms with van der Waals surface area (Å²) in [7, 11) is 4.39. The first-order chi connectivity index (χ1) is 9.19. The van der Waals surface area contributed by atoms with Crippen LogP contribution in [0.1, 0.15) is 38.5 Å². The molecule has 2 aliphatic rings. The Morgan fingerprint density at radius 3 is 2.21 bits per heavy atom. The summed E-state index contributed by atoms with van der Waals surface area (Å²) in [5.74, 6) is 2.60. The fraction of sp³-hybridized carbons (Fsp3) is 1.00. The highest BCUT2D eigenvalue weighted by molar-refractivity contribution is 4.81. The van der Waals surface area contributed by atoms with Crippen molar-refractivity contribution in [1.29, 1.82) is 0 Å². The van der Waals surface area contributed by atoms with E-state index in [2.05, 4.69) is 23.9 Å². The van der Waals surface area contributed by atoms with E-state index in [1.165, 1.54) is 64.7 Å². The van der Waals surface area contributed by atoms with E-state index in [0.29, 0.717) is 0 Å². The third-order valence-electron chi connectivity index (χ3n) is 5.19. The molecule has 1 heterocycles. The normalized spacial score (nSPS) is 30.9. The van der Waals surface area contributed by atoms with E-state index in [-0.39, 0.29) is 0 Å². The summed E-state index contributed by atoms with van der Waals surface area (Å²) in [4.78, 5) is 5.05. The van der Waals surface area contributed by atoms with Gasteiger partial charge in [0, 0.05) is 13.1 Å². The number of nitrogens with two attached hydrogens (primary N) is 1. The van der Waals surface area contributed by atoms with Crippen LogP contribution in [-0.2, 0) is 0 Å². The second kappa shape index (κ2) is 7.61. The van der Waals surface area contributed by atoms with Crippen molar-refractivity contribution >= 4 is 0 Å². The SMILES string of the molecule is CN(C)CC1CCN(CC2CCCCC2CN)CC1. The van der Waals surface area contributed by atoms with Crippen molar-refractivity contribution < 1.29 is 0 Å². The van der Waals surface area contributed by atoms with Crippen molar-refractivity contribution in [2.75, 3.05) is 46.8 Å². The monoisotopic (exact) mass is 267 g/mol. The molecule has 112 valence electrons. The summed E-state index contributed by atoms with van der Waals surface area (Å²) in [6.07, 6.45) is 8.40. The molecule has 0 spiro atoms. The van der Waals surface area contributed by atoms with Gasteiger partial charge in [0.15, 0.2) is 0 Å². The van der Waals surface area contributed by atoms with Gasteiger partial charge in [-0.25, -0.2) is 0 Å². The zero-order valence-electron chi connectivity index (χ0n) is 13.0. The molecule has 0 aromatic heterocycles. The Hall–Kier alpha value is -0.120. The van der Waals surface area contributed by atoms with Gasteiger partial charge in [0.1, 0.15) is 0 Å². The smallest absolute Gasteiger partial charge is 0.00128 e. The van der Waals surface area contributed by atoms with E-state index in [1.54, 1.807) is 0 Å². The summed E-state index contributed by atoms with van der Waals surface area (Å²) in [6.45, 7) is 6.11. The molecule has 2 atom stereocenters. The average molecular weight is 267 g/mol. The Bertz CT molecular complexity index is 246. The molecule has 0 aromatic rings. The van der Waals surface area contributed by atoms with Gasteiger partial charge in [-0.05, 0) is 77.2 Å². The molecule has 0 aromatic carbocycles. The summed E-state index contributed by atoms with van der Waals surface area (Å²) < 4.78 is 0. The zero-order chi connectivity index (χ0) is 13.7. The number of hydrogen-bond donors (Lipinski definition) is 1. The van der Waals surface area contributed by atoms with E-state index in [9.17, 15) is 0 Å². The van der Waals surface area contributed by atoms with Crippen molar-refractivity contribution in [2.45, 2.75) is 38.5 Å². The molecule has 0 amide bonds. The molecule has 2 fully saturated rings. The average Bonchev–Trinajstić information content (AvgIpc) is 2.41. The lowest BCUT2D eigenvalue weighted by molar-refractivity contribution is 0.111. The van der Waals surface area contributed by atoms with Crippen LogP contribution in [0, 0.1) is 17.8 Å². The lowest BCUT2D eigenvalue weighted by atomic mass is 9.78. The van der Waals surface area contributed by atoms with Crippen molar-refractivity contribution in [1.82, 2.24) is 9.80 Å². The van der Waals surface area contributed by atoms with E-state index >= 15 is 0 Å². The first-order valence-electron chi connectivity index (χ1n) is 8.26. The second-order valence-corrected chi connectivity index (χ2v) is 7.05. The number of rotatable bonds is 5. The summed E-state index contributed by atoms with van der Waals surface area (Å²) >= 11 is 0. The fourth-order valence-electron chi connectivity index (χ4n) is 4.03. The van der Waals surface area contributed by atoms with Gasteiger partial charge in [-0.3, -0.25) is 0 Å². The molecular weight excluding hydrogens is 234 g/mol. The molecule has 0 radical (unpaired) electrons. The topological polar surface area (TPSA) is 32.5 Å². The minimum Gasteiger partial charge on any atom is -0.330 e. The first-order valence-corrected chi connectivity index (χ1v) is 8.26. The van der Waals surface area contributed by atoms with Crippen LogP contribution in [0.2, 0.25) is 0 Å². The quantitative estimate of drug-likeness (QED) is 0.827. The van der Waals surface area contributed by atoms with E-state index < -0.39 is 0 Å². The molecule has 1 saturated carbocycles. The molecule has 2 unspecified atom stereocenters. The van der Waals surface area contributed by atoms with Crippen LogP contribution < -0.4 is 5.73 Å². The van der Waals surface area contributed by atoms with Gasteiger partial charge in [0.25, 0.3) is 0 Å². The van der Waals surface area contributed by atoms with Crippen LogP contribution in [0.5, 0.6) is 0 Å². The van der Waals surface area contributed by atoms with Gasteiger partial charge in [-0.1, -0.05) is 12.8 Å². The molecule has 0 bridgehead atoms. The highest BCUT2D eigenvalue weighted by Crippen LogP contribution is 2.31. The Balaban J connectivity index is 1.72. The minimum atomic E-state index is 0.799. The molecule has 19 heavy (non-hydrogen) atoms. The maximum absolute atomic E-state index is 5.95. The number of likely N-dealkylation sites (tertiary alicyclic amines) is 1. The standard InChI is InChI=1S/C16H33N3/c1-18(2)12-14-7-9-19(10-8-14)13-16-6-4-3-5-15(16)11-17/h14-16H,3-13,17H2,1-2H3. The van der Waals surface area contributed by atoms with Crippen LogP contribution in [0.15, 0.2) is 0 Å². The zero-order valence-corrected chi connectivity index (χ0v) is 13.0. The van der Waals surface area contributed by atoms with Crippen molar-refractivity contribution in [3.05, 3.63) is 0 Å². The van der Waals surface area contributed by atoms with Crippen LogP contribution in [0.3, 0.4) is 0 Å². The van der Waals surface area contributed by atoms with Gasteiger partial charge in [0.2, 0.25) is 0 Å². The fourth-order valence-corrected chi connectivity index (χ4v) is 4.03. The summed E-state index contributed by atoms with van der Waals surface area (Å²) in [5.41, 5.74) is 5.95. The molecule has 2 rings (SSSR count). The lowest BCUT2D eigenvalue weighted by Crippen LogP contribution is -2.42. The highest BCUT2D eigenvalue weighted by atomic mass is 15.1. The van der Waals surface area contributed by atoms with Crippen molar-refractivity contribution in [3.8, 4) is 0 Å². The summed E-state index contributed by atoms with van der Waals surface area (Å²) in [6, 6.07) is 0. The number of hydrogen-bond acceptors (Lipinski definition) is 3. The molecular formula is C16H33N3. The van der Waals surface area contributed by atoms with Gasteiger partial charge in [0.05, 0.1) is 0 Å². The van der Waals surface area contributed by atoms with Crippen LogP contribution in [-0.4, -0.2) is 56.6 Å². The number of piperidine rings is 1. The maximum Gasteiger partial charge on any atom is 0.00128 e. The molecule has 3 nitrogen and oxygen atoms in total. The van der Waals surface area contributed by atoms with Gasteiger partial charge >= 0.3 is 0 Å². The first kappa shape index (κ1) is 15.3. The van der Waals surface area contributed by atoms with Gasteiger partial charge in [-0.15, -0.1) is 0 Å². The molecule has 1 saturated heterocycles. The van der Waals surface area contributed by atoms with Crippen molar-refractivity contribution in [2.24, 2.45) is 23.5 Å². The predicted molar refractivity (Wildman–Crippen MR) is 82.2 cm³/mol.